The number of anilines is 1. The maximum Gasteiger partial charge on any atom is 0.224 e. The summed E-state index contributed by atoms with van der Waals surface area (Å²) in [7, 11) is 0. The quantitative estimate of drug-likeness (QED) is 0.816. The van der Waals surface area contributed by atoms with Gasteiger partial charge in [-0.2, -0.15) is 0 Å². The first-order valence-electron chi connectivity index (χ1n) is 6.41. The maximum atomic E-state index is 13.7. The van der Waals surface area contributed by atoms with Crippen molar-refractivity contribution in [2.45, 2.75) is 33.1 Å². The third-order valence-corrected chi connectivity index (χ3v) is 2.80. The average molecular weight is 301 g/mol. The number of carbonyl (C=O) groups excluding carboxylic acids is 1. The number of rotatable bonds is 6. The molecule has 0 radical (unpaired) electrons. The third-order valence-electron chi connectivity index (χ3n) is 2.53. The lowest BCUT2D eigenvalue weighted by Gasteiger charge is -2.10. The van der Waals surface area contributed by atoms with Gasteiger partial charge in [0.2, 0.25) is 5.91 Å². The zero-order valence-electron chi connectivity index (χ0n) is 11.5. The van der Waals surface area contributed by atoms with Gasteiger partial charge >= 0.3 is 0 Å². The van der Waals surface area contributed by atoms with E-state index < -0.39 is 11.6 Å². The minimum Gasteiger partial charge on any atom is -0.487 e. The number of hydrogen-bond donors (Lipinski definition) is 1. The summed E-state index contributed by atoms with van der Waals surface area (Å²) in [6.45, 7) is 4.03. The molecule has 6 heteroatoms. The molecular weight excluding hydrogens is 284 g/mol. The molecule has 0 atom stereocenters. The van der Waals surface area contributed by atoms with Gasteiger partial charge < -0.3 is 10.1 Å². The van der Waals surface area contributed by atoms with E-state index in [-0.39, 0.29) is 35.1 Å². The minimum atomic E-state index is -0.812. The molecule has 0 spiro atoms. The van der Waals surface area contributed by atoms with Gasteiger partial charge in [-0.1, -0.05) is 13.8 Å². The van der Waals surface area contributed by atoms with E-state index in [1.807, 2.05) is 6.92 Å². The van der Waals surface area contributed by atoms with Gasteiger partial charge in [-0.25, -0.2) is 8.78 Å². The number of carbonyl (C=O) groups is 1. The number of ether oxygens (including phenoxy) is 1. The number of thiocarbonyl (C=S) groups is 1. The zero-order valence-corrected chi connectivity index (χ0v) is 12.3. The predicted molar refractivity (Wildman–Crippen MR) is 77.8 cm³/mol. The van der Waals surface area contributed by atoms with Gasteiger partial charge in [0.15, 0.2) is 5.05 Å². The summed E-state index contributed by atoms with van der Waals surface area (Å²) in [6, 6.07) is 1.99. The standard InChI is InChI=1S/C14H17F2NO2S/c1-3-5-19-14(20)7-9-6-12(17-13(18)4-2)11(16)8-10(9)15/h6,8H,3-5,7H2,1-2H3,(H,17,18). The summed E-state index contributed by atoms with van der Waals surface area (Å²) in [6.07, 6.45) is 1.07. The lowest BCUT2D eigenvalue weighted by Crippen LogP contribution is -2.13. The monoisotopic (exact) mass is 301 g/mol. The van der Waals surface area contributed by atoms with Gasteiger partial charge in [-0.3, -0.25) is 4.79 Å². The van der Waals surface area contributed by atoms with Crippen molar-refractivity contribution in [1.29, 1.82) is 0 Å². The van der Waals surface area contributed by atoms with Crippen LogP contribution >= 0.6 is 12.2 Å². The van der Waals surface area contributed by atoms with Gasteiger partial charge in [0.05, 0.1) is 12.3 Å². The first-order chi connectivity index (χ1) is 9.47. The number of halogens is 2. The molecule has 0 saturated heterocycles. The Morgan fingerprint density at radius 2 is 2.00 bits per heavy atom. The van der Waals surface area contributed by atoms with Gasteiger partial charge in [-0.05, 0) is 30.3 Å². The normalized spacial score (nSPS) is 10.2. The Morgan fingerprint density at radius 3 is 2.60 bits per heavy atom. The molecular formula is C14H17F2NO2S. The molecule has 20 heavy (non-hydrogen) atoms. The van der Waals surface area contributed by atoms with E-state index in [2.05, 4.69) is 5.32 Å². The third kappa shape index (κ3) is 4.85. The molecule has 1 rings (SSSR count). The fraction of sp³-hybridized carbons (Fsp3) is 0.429. The van der Waals surface area contributed by atoms with Crippen LogP contribution in [0.25, 0.3) is 0 Å². The number of hydrogen-bond acceptors (Lipinski definition) is 3. The van der Waals surface area contributed by atoms with Gasteiger partial charge in [0.25, 0.3) is 0 Å². The second kappa shape index (κ2) is 7.89. The fourth-order valence-corrected chi connectivity index (χ4v) is 1.72. The molecule has 1 N–H and O–H groups in total. The predicted octanol–water partition coefficient (Wildman–Crippen LogP) is 3.61. The first-order valence-corrected chi connectivity index (χ1v) is 6.82. The summed E-state index contributed by atoms with van der Waals surface area (Å²) in [5.74, 6) is -1.86. The van der Waals surface area contributed by atoms with Crippen molar-refractivity contribution in [3.8, 4) is 0 Å². The van der Waals surface area contributed by atoms with Gasteiger partial charge in [-0.15, -0.1) is 0 Å². The zero-order chi connectivity index (χ0) is 15.1. The molecule has 0 aliphatic rings. The smallest absolute Gasteiger partial charge is 0.224 e. The van der Waals surface area contributed by atoms with Crippen molar-refractivity contribution >= 4 is 28.9 Å². The molecule has 110 valence electrons. The van der Waals surface area contributed by atoms with Crippen molar-refractivity contribution in [2.24, 2.45) is 0 Å². The van der Waals surface area contributed by atoms with Crippen LogP contribution in [0.2, 0.25) is 0 Å². The van der Waals surface area contributed by atoms with Crippen LogP contribution in [0.4, 0.5) is 14.5 Å². The molecule has 0 aromatic heterocycles. The number of benzene rings is 1. The SMILES string of the molecule is CCCOC(=S)Cc1cc(NC(=O)CC)c(F)cc1F. The van der Waals surface area contributed by atoms with E-state index in [1.54, 1.807) is 6.92 Å². The van der Waals surface area contributed by atoms with Crippen LogP contribution in [0.15, 0.2) is 12.1 Å². The van der Waals surface area contributed by atoms with E-state index in [9.17, 15) is 13.6 Å². The second-order valence-corrected chi connectivity index (χ2v) is 4.68. The summed E-state index contributed by atoms with van der Waals surface area (Å²) < 4.78 is 32.4. The van der Waals surface area contributed by atoms with Gasteiger partial charge in [0.1, 0.15) is 11.6 Å². The fourth-order valence-electron chi connectivity index (χ4n) is 1.49. The molecule has 0 aliphatic carbocycles. The van der Waals surface area contributed by atoms with E-state index >= 15 is 0 Å². The van der Waals surface area contributed by atoms with Gasteiger partial charge in [0, 0.05) is 18.9 Å². The van der Waals surface area contributed by atoms with Crippen molar-refractivity contribution in [1.82, 2.24) is 0 Å². The topological polar surface area (TPSA) is 38.3 Å². The molecule has 1 amide bonds. The van der Waals surface area contributed by atoms with E-state index in [0.29, 0.717) is 6.61 Å². The van der Waals surface area contributed by atoms with E-state index in [0.717, 1.165) is 12.5 Å². The lowest BCUT2D eigenvalue weighted by atomic mass is 10.1. The van der Waals surface area contributed by atoms with Crippen LogP contribution in [0.5, 0.6) is 0 Å². The highest BCUT2D eigenvalue weighted by Crippen LogP contribution is 2.20. The molecule has 0 saturated carbocycles. The summed E-state index contributed by atoms with van der Waals surface area (Å²) in [5, 5.41) is 2.62. The van der Waals surface area contributed by atoms with Crippen molar-refractivity contribution in [3.63, 3.8) is 0 Å². The van der Waals surface area contributed by atoms with Crippen LogP contribution in [0.1, 0.15) is 32.3 Å². The van der Waals surface area contributed by atoms with Crippen molar-refractivity contribution in [2.75, 3.05) is 11.9 Å². The molecule has 1 aromatic carbocycles. The molecule has 0 unspecified atom stereocenters. The highest BCUT2D eigenvalue weighted by Gasteiger charge is 2.13. The highest BCUT2D eigenvalue weighted by atomic mass is 32.1. The second-order valence-electron chi connectivity index (χ2n) is 4.22. The summed E-state index contributed by atoms with van der Waals surface area (Å²) in [4.78, 5) is 11.3. The molecule has 1 aromatic rings. The Balaban J connectivity index is 2.88. The van der Waals surface area contributed by atoms with Crippen LogP contribution in [0, 0.1) is 11.6 Å². The number of nitrogens with one attached hydrogen (secondary N) is 1. The van der Waals surface area contributed by atoms with Crippen LogP contribution < -0.4 is 5.32 Å². The largest absolute Gasteiger partial charge is 0.487 e. The summed E-state index contributed by atoms with van der Waals surface area (Å²) >= 11 is 4.98. The average Bonchev–Trinajstić information content (AvgIpc) is 2.41. The molecule has 0 heterocycles. The molecule has 0 bridgehead atoms. The van der Waals surface area contributed by atoms with Crippen LogP contribution in [0.3, 0.4) is 0 Å². The Bertz CT molecular complexity index is 506. The first kappa shape index (κ1) is 16.5. The molecule has 3 nitrogen and oxygen atoms in total. The highest BCUT2D eigenvalue weighted by molar-refractivity contribution is 7.80. The Labute approximate surface area is 122 Å². The Morgan fingerprint density at radius 1 is 1.30 bits per heavy atom. The van der Waals surface area contributed by atoms with Crippen LogP contribution in [-0.2, 0) is 16.0 Å². The van der Waals surface area contributed by atoms with Crippen molar-refractivity contribution in [3.05, 3.63) is 29.3 Å². The van der Waals surface area contributed by atoms with E-state index in [4.69, 9.17) is 17.0 Å². The van der Waals surface area contributed by atoms with Crippen molar-refractivity contribution < 1.29 is 18.3 Å². The van der Waals surface area contributed by atoms with E-state index in [1.165, 1.54) is 6.07 Å². The molecule has 0 aliphatic heterocycles. The lowest BCUT2D eigenvalue weighted by molar-refractivity contribution is -0.115. The Kier molecular flexibility index (Phi) is 6.51. The summed E-state index contributed by atoms with van der Waals surface area (Å²) in [5.41, 5.74) is 0.144. The minimum absolute atomic E-state index is 0.0495. The van der Waals surface area contributed by atoms with Crippen LogP contribution in [-0.4, -0.2) is 17.6 Å². The Hall–Kier alpha value is -1.56. The maximum absolute atomic E-state index is 13.7. The number of amides is 1. The molecule has 0 fully saturated rings.